The minimum atomic E-state index is -0.272. The number of carbonyl (C=O) groups is 1. The molecule has 5 heteroatoms. The van der Waals surface area contributed by atoms with Gasteiger partial charge in [-0.25, -0.2) is 0 Å². The molecule has 1 aromatic carbocycles. The highest BCUT2D eigenvalue weighted by Crippen LogP contribution is 2.25. The molecule has 0 atom stereocenters. The normalized spacial score (nSPS) is 17.8. The van der Waals surface area contributed by atoms with Crippen molar-refractivity contribution in [2.75, 3.05) is 36.5 Å². The van der Waals surface area contributed by atoms with Crippen LogP contribution >= 0.6 is 0 Å². The lowest BCUT2D eigenvalue weighted by atomic mass is 10.1. The maximum atomic E-state index is 12.1. The van der Waals surface area contributed by atoms with Gasteiger partial charge in [-0.2, -0.15) is 0 Å². The number of nitrogens with one attached hydrogen (secondary N) is 1. The van der Waals surface area contributed by atoms with Gasteiger partial charge in [0.15, 0.2) is 0 Å². The average Bonchev–Trinajstić information content (AvgIpc) is 3.04. The number of benzene rings is 1. The SMILES string of the molecule is Cc1cc(N2CCCC2)ccc1NC(=O)C1=COCCO1. The van der Waals surface area contributed by atoms with Gasteiger partial charge in [0.25, 0.3) is 5.91 Å². The molecular weight excluding hydrogens is 268 g/mol. The van der Waals surface area contributed by atoms with Gasteiger partial charge in [0.1, 0.15) is 19.5 Å². The summed E-state index contributed by atoms with van der Waals surface area (Å²) in [4.78, 5) is 14.4. The van der Waals surface area contributed by atoms with Crippen LogP contribution in [0.1, 0.15) is 18.4 Å². The first-order chi connectivity index (χ1) is 10.2. The van der Waals surface area contributed by atoms with Crippen LogP contribution < -0.4 is 10.2 Å². The lowest BCUT2D eigenvalue weighted by Crippen LogP contribution is -2.22. The average molecular weight is 288 g/mol. The summed E-state index contributed by atoms with van der Waals surface area (Å²) in [5.74, 6) is -0.0454. The minimum Gasteiger partial charge on any atom is -0.494 e. The Morgan fingerprint density at radius 1 is 1.24 bits per heavy atom. The van der Waals surface area contributed by atoms with Crippen LogP contribution in [0.5, 0.6) is 0 Å². The smallest absolute Gasteiger partial charge is 0.294 e. The first-order valence-electron chi connectivity index (χ1n) is 7.35. The number of ether oxygens (including phenoxy) is 2. The van der Waals surface area contributed by atoms with Crippen molar-refractivity contribution >= 4 is 17.3 Å². The molecule has 0 saturated carbocycles. The van der Waals surface area contributed by atoms with E-state index in [1.807, 2.05) is 13.0 Å². The number of anilines is 2. The standard InChI is InChI=1S/C16H20N2O3/c1-12-10-13(18-6-2-3-7-18)4-5-14(12)17-16(19)15-11-20-8-9-21-15/h4-5,10-11H,2-3,6-9H2,1H3,(H,17,19). The van der Waals surface area contributed by atoms with Gasteiger partial charge >= 0.3 is 0 Å². The molecule has 1 amide bonds. The molecule has 2 heterocycles. The number of rotatable bonds is 3. The fraction of sp³-hybridized carbons (Fsp3) is 0.438. The fourth-order valence-electron chi connectivity index (χ4n) is 2.63. The van der Waals surface area contributed by atoms with Crippen LogP contribution in [0.25, 0.3) is 0 Å². The highest BCUT2D eigenvalue weighted by molar-refractivity contribution is 6.02. The molecule has 1 saturated heterocycles. The van der Waals surface area contributed by atoms with Gasteiger partial charge in [-0.1, -0.05) is 0 Å². The summed E-state index contributed by atoms with van der Waals surface area (Å²) in [6.45, 7) is 5.13. The van der Waals surface area contributed by atoms with Crippen molar-refractivity contribution in [1.29, 1.82) is 0 Å². The maximum Gasteiger partial charge on any atom is 0.294 e. The largest absolute Gasteiger partial charge is 0.494 e. The van der Waals surface area contributed by atoms with Gasteiger partial charge in [0.05, 0.1) is 0 Å². The Hall–Kier alpha value is -2.17. The molecule has 0 unspecified atom stereocenters. The summed E-state index contributed by atoms with van der Waals surface area (Å²) in [6.07, 6.45) is 3.87. The Morgan fingerprint density at radius 3 is 2.71 bits per heavy atom. The van der Waals surface area contributed by atoms with Gasteiger partial charge in [-0.3, -0.25) is 4.79 Å². The molecule has 0 spiro atoms. The first-order valence-corrected chi connectivity index (χ1v) is 7.35. The van der Waals surface area contributed by atoms with Crippen molar-refractivity contribution in [3.8, 4) is 0 Å². The minimum absolute atomic E-state index is 0.226. The number of carbonyl (C=O) groups excluding carboxylic acids is 1. The van der Waals surface area contributed by atoms with Gasteiger partial charge in [-0.15, -0.1) is 0 Å². The molecule has 5 nitrogen and oxygen atoms in total. The summed E-state index contributed by atoms with van der Waals surface area (Å²) in [5, 5.41) is 2.87. The Morgan fingerprint density at radius 2 is 2.05 bits per heavy atom. The Kier molecular flexibility index (Phi) is 3.99. The number of aryl methyl sites for hydroxylation is 1. The van der Waals surface area contributed by atoms with E-state index in [1.54, 1.807) is 0 Å². The summed E-state index contributed by atoms with van der Waals surface area (Å²) < 4.78 is 10.4. The number of nitrogens with zero attached hydrogens (tertiary/aromatic N) is 1. The third-order valence-electron chi connectivity index (χ3n) is 3.80. The van der Waals surface area contributed by atoms with Crippen LogP contribution in [0.3, 0.4) is 0 Å². The Balaban J connectivity index is 1.70. The van der Waals surface area contributed by atoms with E-state index >= 15 is 0 Å². The molecule has 21 heavy (non-hydrogen) atoms. The molecule has 1 aromatic rings. The second-order valence-corrected chi connectivity index (χ2v) is 5.35. The van der Waals surface area contributed by atoms with Crippen LogP contribution in [-0.2, 0) is 14.3 Å². The summed E-state index contributed by atoms with van der Waals surface area (Å²) in [5.41, 5.74) is 3.07. The fourth-order valence-corrected chi connectivity index (χ4v) is 2.63. The zero-order valence-corrected chi connectivity index (χ0v) is 12.2. The highest BCUT2D eigenvalue weighted by Gasteiger charge is 2.17. The van der Waals surface area contributed by atoms with E-state index in [9.17, 15) is 4.79 Å². The van der Waals surface area contributed by atoms with Crippen LogP contribution in [0.15, 0.2) is 30.2 Å². The van der Waals surface area contributed by atoms with E-state index in [1.165, 1.54) is 24.8 Å². The van der Waals surface area contributed by atoms with Crippen molar-refractivity contribution < 1.29 is 14.3 Å². The topological polar surface area (TPSA) is 50.8 Å². The van der Waals surface area contributed by atoms with E-state index in [0.29, 0.717) is 13.2 Å². The van der Waals surface area contributed by atoms with Crippen LogP contribution in [0.4, 0.5) is 11.4 Å². The van der Waals surface area contributed by atoms with Gasteiger partial charge in [0.2, 0.25) is 5.76 Å². The van der Waals surface area contributed by atoms with E-state index in [4.69, 9.17) is 9.47 Å². The van der Waals surface area contributed by atoms with E-state index in [2.05, 4.69) is 22.3 Å². The number of hydrogen-bond acceptors (Lipinski definition) is 4. The third kappa shape index (κ3) is 3.12. The number of hydrogen-bond donors (Lipinski definition) is 1. The molecular formula is C16H20N2O3. The van der Waals surface area contributed by atoms with E-state index < -0.39 is 0 Å². The molecule has 1 N–H and O–H groups in total. The second kappa shape index (κ2) is 6.08. The van der Waals surface area contributed by atoms with Crippen LogP contribution in [-0.4, -0.2) is 32.2 Å². The summed E-state index contributed by atoms with van der Waals surface area (Å²) in [7, 11) is 0. The van der Waals surface area contributed by atoms with Crippen molar-refractivity contribution in [1.82, 2.24) is 0 Å². The lowest BCUT2D eigenvalue weighted by molar-refractivity contribution is -0.117. The van der Waals surface area contributed by atoms with Crippen LogP contribution in [0, 0.1) is 6.92 Å². The summed E-state index contributed by atoms with van der Waals surface area (Å²) >= 11 is 0. The second-order valence-electron chi connectivity index (χ2n) is 5.35. The molecule has 2 aliphatic rings. The maximum absolute atomic E-state index is 12.1. The van der Waals surface area contributed by atoms with Crippen molar-refractivity contribution in [3.63, 3.8) is 0 Å². The molecule has 0 bridgehead atoms. The van der Waals surface area contributed by atoms with Gasteiger partial charge in [-0.05, 0) is 43.5 Å². The number of amides is 1. The van der Waals surface area contributed by atoms with Gasteiger partial charge in [0, 0.05) is 24.5 Å². The quantitative estimate of drug-likeness (QED) is 0.928. The predicted octanol–water partition coefficient (Wildman–Crippen LogP) is 2.42. The lowest BCUT2D eigenvalue weighted by Gasteiger charge is -2.20. The molecule has 0 radical (unpaired) electrons. The van der Waals surface area contributed by atoms with Crippen molar-refractivity contribution in [2.45, 2.75) is 19.8 Å². The summed E-state index contributed by atoms with van der Waals surface area (Å²) in [6, 6.07) is 6.12. The van der Waals surface area contributed by atoms with E-state index in [0.717, 1.165) is 24.3 Å². The van der Waals surface area contributed by atoms with E-state index in [-0.39, 0.29) is 11.7 Å². The first kappa shape index (κ1) is 13.8. The van der Waals surface area contributed by atoms with Crippen molar-refractivity contribution in [2.24, 2.45) is 0 Å². The van der Waals surface area contributed by atoms with Crippen LogP contribution in [0.2, 0.25) is 0 Å². The Bertz CT molecular complexity index is 563. The molecule has 2 aliphatic heterocycles. The molecule has 3 rings (SSSR count). The third-order valence-corrected chi connectivity index (χ3v) is 3.80. The molecule has 0 aromatic heterocycles. The zero-order valence-electron chi connectivity index (χ0n) is 12.2. The predicted molar refractivity (Wildman–Crippen MR) is 81.2 cm³/mol. The Labute approximate surface area is 124 Å². The molecule has 1 fully saturated rings. The molecule has 112 valence electrons. The monoisotopic (exact) mass is 288 g/mol. The van der Waals surface area contributed by atoms with Gasteiger partial charge < -0.3 is 19.7 Å². The zero-order chi connectivity index (χ0) is 14.7. The highest BCUT2D eigenvalue weighted by atomic mass is 16.6. The molecule has 0 aliphatic carbocycles. The van der Waals surface area contributed by atoms with Crippen molar-refractivity contribution in [3.05, 3.63) is 35.8 Å².